The summed E-state index contributed by atoms with van der Waals surface area (Å²) in [5.41, 5.74) is 7.86. The summed E-state index contributed by atoms with van der Waals surface area (Å²) >= 11 is 0. The largest absolute Gasteiger partial charge is 0.396 e. The van der Waals surface area contributed by atoms with E-state index in [-0.39, 0.29) is 0 Å². The van der Waals surface area contributed by atoms with Crippen LogP contribution in [-0.2, 0) is 0 Å². The van der Waals surface area contributed by atoms with E-state index in [1.54, 1.807) is 0 Å². The van der Waals surface area contributed by atoms with Crippen molar-refractivity contribution in [3.8, 4) is 0 Å². The standard InChI is InChI=1S/C14H23N3/c1-10-6-4-5-7-13(10)17(3)14-12(15)9-8-11(2)16-14/h8-10,13H,4-7,15H2,1-3H3. The number of aromatic nitrogens is 1. The van der Waals surface area contributed by atoms with Gasteiger partial charge in [-0.05, 0) is 37.8 Å². The Labute approximate surface area is 104 Å². The van der Waals surface area contributed by atoms with E-state index in [1.807, 2.05) is 19.1 Å². The second kappa shape index (κ2) is 4.94. The minimum absolute atomic E-state index is 0.584. The van der Waals surface area contributed by atoms with E-state index in [2.05, 4.69) is 23.9 Å². The molecule has 0 amide bonds. The third kappa shape index (κ3) is 2.54. The van der Waals surface area contributed by atoms with Crippen LogP contribution in [0.3, 0.4) is 0 Å². The third-order valence-corrected chi connectivity index (χ3v) is 3.94. The molecule has 0 saturated heterocycles. The zero-order valence-corrected chi connectivity index (χ0v) is 11.1. The molecule has 0 aliphatic heterocycles. The Hall–Kier alpha value is -1.25. The number of aryl methyl sites for hydroxylation is 1. The maximum absolute atomic E-state index is 6.04. The molecule has 1 aromatic rings. The fourth-order valence-corrected chi connectivity index (χ4v) is 2.87. The lowest BCUT2D eigenvalue weighted by Gasteiger charge is -2.37. The molecule has 17 heavy (non-hydrogen) atoms. The quantitative estimate of drug-likeness (QED) is 0.854. The van der Waals surface area contributed by atoms with Gasteiger partial charge < -0.3 is 10.6 Å². The fourth-order valence-electron chi connectivity index (χ4n) is 2.87. The predicted molar refractivity (Wildman–Crippen MR) is 73.2 cm³/mol. The first kappa shape index (κ1) is 12.2. The summed E-state index contributed by atoms with van der Waals surface area (Å²) in [6, 6.07) is 4.51. The van der Waals surface area contributed by atoms with E-state index in [9.17, 15) is 0 Å². The lowest BCUT2D eigenvalue weighted by molar-refractivity contribution is 0.321. The Morgan fingerprint density at radius 2 is 2.00 bits per heavy atom. The lowest BCUT2D eigenvalue weighted by Crippen LogP contribution is -2.39. The van der Waals surface area contributed by atoms with Crippen LogP contribution in [0.15, 0.2) is 12.1 Å². The van der Waals surface area contributed by atoms with Crippen LogP contribution in [0.25, 0.3) is 0 Å². The molecule has 1 saturated carbocycles. The highest BCUT2D eigenvalue weighted by molar-refractivity contribution is 5.63. The molecule has 0 bridgehead atoms. The zero-order chi connectivity index (χ0) is 12.4. The zero-order valence-electron chi connectivity index (χ0n) is 11.1. The summed E-state index contributed by atoms with van der Waals surface area (Å²) in [5, 5.41) is 0. The highest BCUT2D eigenvalue weighted by atomic mass is 15.2. The Balaban J connectivity index is 2.23. The van der Waals surface area contributed by atoms with Crippen molar-refractivity contribution in [3.63, 3.8) is 0 Å². The molecule has 0 aromatic carbocycles. The van der Waals surface area contributed by atoms with Gasteiger partial charge in [-0.2, -0.15) is 0 Å². The molecular formula is C14H23N3. The first-order valence-corrected chi connectivity index (χ1v) is 6.55. The van der Waals surface area contributed by atoms with Gasteiger partial charge in [0, 0.05) is 18.8 Å². The molecule has 1 fully saturated rings. The molecule has 94 valence electrons. The van der Waals surface area contributed by atoms with E-state index in [0.29, 0.717) is 6.04 Å². The Morgan fingerprint density at radius 3 is 2.71 bits per heavy atom. The summed E-state index contributed by atoms with van der Waals surface area (Å²) in [6.07, 6.45) is 5.26. The molecular weight excluding hydrogens is 210 g/mol. The molecule has 2 rings (SSSR count). The molecule has 0 radical (unpaired) electrons. The molecule has 1 aromatic heterocycles. The first-order chi connectivity index (χ1) is 8.09. The monoisotopic (exact) mass is 233 g/mol. The second-order valence-corrected chi connectivity index (χ2v) is 5.31. The van der Waals surface area contributed by atoms with Crippen molar-refractivity contribution in [3.05, 3.63) is 17.8 Å². The maximum atomic E-state index is 6.04. The van der Waals surface area contributed by atoms with Crippen LogP contribution in [0.1, 0.15) is 38.3 Å². The van der Waals surface area contributed by atoms with Crippen molar-refractivity contribution in [1.29, 1.82) is 0 Å². The molecule has 3 nitrogen and oxygen atoms in total. The molecule has 1 aliphatic carbocycles. The molecule has 2 N–H and O–H groups in total. The maximum Gasteiger partial charge on any atom is 0.152 e. The highest BCUT2D eigenvalue weighted by Gasteiger charge is 2.26. The van der Waals surface area contributed by atoms with Crippen LogP contribution in [0.4, 0.5) is 11.5 Å². The van der Waals surface area contributed by atoms with Gasteiger partial charge in [-0.1, -0.05) is 19.8 Å². The van der Waals surface area contributed by atoms with E-state index in [1.165, 1.54) is 25.7 Å². The Bertz CT molecular complexity index is 389. The van der Waals surface area contributed by atoms with Crippen molar-refractivity contribution in [1.82, 2.24) is 4.98 Å². The van der Waals surface area contributed by atoms with Crippen molar-refractivity contribution >= 4 is 11.5 Å². The van der Waals surface area contributed by atoms with Gasteiger partial charge in [-0.3, -0.25) is 0 Å². The Morgan fingerprint density at radius 1 is 1.29 bits per heavy atom. The van der Waals surface area contributed by atoms with Crippen LogP contribution in [0.5, 0.6) is 0 Å². The van der Waals surface area contributed by atoms with E-state index >= 15 is 0 Å². The first-order valence-electron chi connectivity index (χ1n) is 6.55. The van der Waals surface area contributed by atoms with Gasteiger partial charge in [-0.15, -0.1) is 0 Å². The number of nitrogens with two attached hydrogens (primary N) is 1. The normalized spacial score (nSPS) is 24.6. The molecule has 1 heterocycles. The lowest BCUT2D eigenvalue weighted by atomic mass is 9.85. The van der Waals surface area contributed by atoms with Crippen LogP contribution in [0.2, 0.25) is 0 Å². The molecule has 1 aliphatic rings. The van der Waals surface area contributed by atoms with Gasteiger partial charge in [0.15, 0.2) is 5.82 Å². The predicted octanol–water partition coefficient (Wildman–Crippen LogP) is 2.99. The fraction of sp³-hybridized carbons (Fsp3) is 0.643. The molecule has 3 heteroatoms. The topological polar surface area (TPSA) is 42.1 Å². The van der Waals surface area contributed by atoms with Crippen LogP contribution in [-0.4, -0.2) is 18.1 Å². The van der Waals surface area contributed by atoms with Crippen molar-refractivity contribution in [2.45, 2.75) is 45.6 Å². The minimum atomic E-state index is 0.584. The van der Waals surface area contributed by atoms with Crippen molar-refractivity contribution < 1.29 is 0 Å². The average molecular weight is 233 g/mol. The summed E-state index contributed by atoms with van der Waals surface area (Å²) < 4.78 is 0. The van der Waals surface area contributed by atoms with Gasteiger partial charge in [0.25, 0.3) is 0 Å². The molecule has 2 atom stereocenters. The van der Waals surface area contributed by atoms with Crippen LogP contribution >= 0.6 is 0 Å². The molecule has 2 unspecified atom stereocenters. The molecule has 0 spiro atoms. The number of hydrogen-bond donors (Lipinski definition) is 1. The van der Waals surface area contributed by atoms with Crippen LogP contribution in [0, 0.1) is 12.8 Å². The van der Waals surface area contributed by atoms with E-state index in [0.717, 1.165) is 23.1 Å². The summed E-state index contributed by atoms with van der Waals surface area (Å²) in [5.74, 6) is 1.68. The SMILES string of the molecule is Cc1ccc(N)c(N(C)C2CCCCC2C)n1. The van der Waals surface area contributed by atoms with Gasteiger partial charge >= 0.3 is 0 Å². The van der Waals surface area contributed by atoms with Crippen molar-refractivity contribution in [2.75, 3.05) is 17.7 Å². The second-order valence-electron chi connectivity index (χ2n) is 5.31. The Kier molecular flexibility index (Phi) is 3.55. The van der Waals surface area contributed by atoms with Crippen molar-refractivity contribution in [2.24, 2.45) is 5.92 Å². The number of rotatable bonds is 2. The van der Waals surface area contributed by atoms with E-state index in [4.69, 9.17) is 5.73 Å². The summed E-state index contributed by atoms with van der Waals surface area (Å²) in [6.45, 7) is 4.35. The number of anilines is 2. The number of pyridine rings is 1. The number of hydrogen-bond acceptors (Lipinski definition) is 3. The highest BCUT2D eigenvalue weighted by Crippen LogP contribution is 2.31. The average Bonchev–Trinajstić information content (AvgIpc) is 2.32. The smallest absolute Gasteiger partial charge is 0.152 e. The number of nitrogens with zero attached hydrogens (tertiary/aromatic N) is 2. The van der Waals surface area contributed by atoms with Gasteiger partial charge in [-0.25, -0.2) is 4.98 Å². The minimum Gasteiger partial charge on any atom is -0.396 e. The summed E-state index contributed by atoms with van der Waals surface area (Å²) in [4.78, 5) is 6.87. The van der Waals surface area contributed by atoms with Gasteiger partial charge in [0.1, 0.15) is 0 Å². The third-order valence-electron chi connectivity index (χ3n) is 3.94. The summed E-state index contributed by atoms with van der Waals surface area (Å²) in [7, 11) is 2.13. The van der Waals surface area contributed by atoms with Crippen LogP contribution < -0.4 is 10.6 Å². The number of nitrogen functional groups attached to an aromatic ring is 1. The van der Waals surface area contributed by atoms with Gasteiger partial charge in [0.2, 0.25) is 0 Å². The van der Waals surface area contributed by atoms with E-state index < -0.39 is 0 Å². The van der Waals surface area contributed by atoms with Gasteiger partial charge in [0.05, 0.1) is 5.69 Å².